The van der Waals surface area contributed by atoms with Gasteiger partial charge in [0.05, 0.1) is 7.11 Å². The van der Waals surface area contributed by atoms with E-state index in [-0.39, 0.29) is 17.6 Å². The van der Waals surface area contributed by atoms with Gasteiger partial charge in [-0.25, -0.2) is 0 Å². The summed E-state index contributed by atoms with van der Waals surface area (Å²) in [6.07, 6.45) is 3.15. The number of hydrogen-bond donors (Lipinski definition) is 1. The number of dihydropyridines is 1. The molecular formula is C25H25ClN2O2. The maximum Gasteiger partial charge on any atom is 0.162 e. The van der Waals surface area contributed by atoms with Crippen molar-refractivity contribution in [1.29, 1.82) is 0 Å². The summed E-state index contributed by atoms with van der Waals surface area (Å²) >= 11 is 6.05. The monoisotopic (exact) mass is 420 g/mol. The molecule has 2 aromatic carbocycles. The van der Waals surface area contributed by atoms with Crippen LogP contribution in [0.2, 0.25) is 5.02 Å². The normalized spacial score (nSPS) is 21.7. The molecule has 1 N–H and O–H groups in total. The average molecular weight is 421 g/mol. The van der Waals surface area contributed by atoms with E-state index in [0.29, 0.717) is 11.4 Å². The quantitative estimate of drug-likeness (QED) is 0.672. The molecule has 2 unspecified atom stereocenters. The summed E-state index contributed by atoms with van der Waals surface area (Å²) in [6, 6.07) is 15.8. The number of carbonyl (C=O) groups is 1. The molecule has 0 amide bonds. The van der Waals surface area contributed by atoms with Crippen LogP contribution in [0.5, 0.6) is 5.75 Å². The number of nitrogens with zero attached hydrogens (tertiary/aromatic N) is 1. The molecule has 5 heteroatoms. The fraction of sp³-hybridized carbons (Fsp3) is 0.280. The first-order chi connectivity index (χ1) is 14.5. The van der Waals surface area contributed by atoms with Crippen molar-refractivity contribution in [3.8, 4) is 5.75 Å². The fourth-order valence-corrected chi connectivity index (χ4v) is 4.60. The van der Waals surface area contributed by atoms with Gasteiger partial charge in [0.1, 0.15) is 5.75 Å². The summed E-state index contributed by atoms with van der Waals surface area (Å²) < 4.78 is 5.31. The van der Waals surface area contributed by atoms with Crippen molar-refractivity contribution in [2.45, 2.75) is 31.6 Å². The summed E-state index contributed by atoms with van der Waals surface area (Å²) in [5.74, 6) is 0.992. The Balaban J connectivity index is 1.76. The minimum absolute atomic E-state index is 0.130. The lowest BCUT2D eigenvalue weighted by Gasteiger charge is -2.36. The first kappa shape index (κ1) is 20.4. The number of rotatable bonds is 4. The van der Waals surface area contributed by atoms with Crippen LogP contribution in [0.1, 0.15) is 42.7 Å². The molecule has 30 heavy (non-hydrogen) atoms. The van der Waals surface area contributed by atoms with Gasteiger partial charge in [0.15, 0.2) is 5.78 Å². The molecule has 0 saturated carbocycles. The van der Waals surface area contributed by atoms with Crippen LogP contribution >= 0.6 is 11.6 Å². The van der Waals surface area contributed by atoms with Crippen molar-refractivity contribution in [2.24, 2.45) is 4.99 Å². The zero-order chi connectivity index (χ0) is 21.3. The van der Waals surface area contributed by atoms with Crippen molar-refractivity contribution in [3.63, 3.8) is 0 Å². The van der Waals surface area contributed by atoms with Crippen molar-refractivity contribution in [3.05, 3.63) is 87.2 Å². The predicted molar refractivity (Wildman–Crippen MR) is 121 cm³/mol. The highest BCUT2D eigenvalue weighted by molar-refractivity contribution is 6.30. The lowest BCUT2D eigenvalue weighted by molar-refractivity contribution is -0.116. The van der Waals surface area contributed by atoms with Crippen LogP contribution in [0.3, 0.4) is 0 Å². The molecule has 0 spiro atoms. The van der Waals surface area contributed by atoms with Crippen molar-refractivity contribution in [2.75, 3.05) is 14.2 Å². The minimum Gasteiger partial charge on any atom is -0.497 e. The number of carbonyl (C=O) groups excluding carboxylic acids is 1. The molecule has 2 atom stereocenters. The average Bonchev–Trinajstić information content (AvgIpc) is 2.75. The number of ether oxygens (including phenoxy) is 1. The Kier molecular flexibility index (Phi) is 5.78. The SMILES string of the molecule is CN=CC1=C(C)NC2=C(C(=O)CC(c3ccc(Cl)cc3)C2)C1c1ccc(OC)cc1. The van der Waals surface area contributed by atoms with Crippen LogP contribution in [-0.2, 0) is 4.79 Å². The number of Topliss-reactive ketones (excluding diaryl/α,β-unsaturated/α-hetero) is 1. The highest BCUT2D eigenvalue weighted by atomic mass is 35.5. The van der Waals surface area contributed by atoms with E-state index >= 15 is 0 Å². The Morgan fingerprint density at radius 1 is 1.07 bits per heavy atom. The van der Waals surface area contributed by atoms with Crippen LogP contribution in [-0.4, -0.2) is 26.2 Å². The third-order valence-electron chi connectivity index (χ3n) is 5.94. The summed E-state index contributed by atoms with van der Waals surface area (Å²) in [7, 11) is 3.41. The van der Waals surface area contributed by atoms with Crippen LogP contribution in [0.15, 0.2) is 76.1 Å². The van der Waals surface area contributed by atoms with Gasteiger partial charge in [-0.05, 0) is 54.7 Å². The van der Waals surface area contributed by atoms with E-state index in [1.165, 1.54) is 0 Å². The molecule has 4 rings (SSSR count). The second kappa shape index (κ2) is 8.49. The number of benzene rings is 2. The van der Waals surface area contributed by atoms with Gasteiger partial charge < -0.3 is 10.1 Å². The highest BCUT2D eigenvalue weighted by Crippen LogP contribution is 2.45. The highest BCUT2D eigenvalue weighted by Gasteiger charge is 2.38. The summed E-state index contributed by atoms with van der Waals surface area (Å²) in [6.45, 7) is 2.05. The zero-order valence-corrected chi connectivity index (χ0v) is 18.2. The molecule has 1 aliphatic carbocycles. The molecule has 0 bridgehead atoms. The number of aliphatic imine (C=N–C) groups is 1. The molecule has 154 valence electrons. The molecule has 0 fully saturated rings. The van der Waals surface area contributed by atoms with Gasteiger partial charge in [0.25, 0.3) is 0 Å². The smallest absolute Gasteiger partial charge is 0.162 e. The molecule has 2 aliphatic rings. The number of ketones is 1. The molecule has 4 nitrogen and oxygen atoms in total. The van der Waals surface area contributed by atoms with Crippen molar-refractivity contribution < 1.29 is 9.53 Å². The predicted octanol–water partition coefficient (Wildman–Crippen LogP) is 5.41. The second-order valence-corrected chi connectivity index (χ2v) is 8.21. The lowest BCUT2D eigenvalue weighted by Crippen LogP contribution is -2.34. The maximum atomic E-state index is 13.4. The summed E-state index contributed by atoms with van der Waals surface area (Å²) in [5.41, 5.74) is 6.13. The Labute approximate surface area is 182 Å². The second-order valence-electron chi connectivity index (χ2n) is 7.77. The Morgan fingerprint density at radius 3 is 2.37 bits per heavy atom. The number of methoxy groups -OCH3 is 1. The molecule has 1 aliphatic heterocycles. The third kappa shape index (κ3) is 3.80. The van der Waals surface area contributed by atoms with Crippen molar-refractivity contribution in [1.82, 2.24) is 5.32 Å². The Bertz CT molecular complexity index is 1050. The molecule has 0 saturated heterocycles. The van der Waals surface area contributed by atoms with E-state index < -0.39 is 0 Å². The van der Waals surface area contributed by atoms with Gasteiger partial charge in [0, 0.05) is 53.2 Å². The van der Waals surface area contributed by atoms with E-state index in [4.69, 9.17) is 16.3 Å². The van der Waals surface area contributed by atoms with E-state index in [0.717, 1.165) is 45.8 Å². The van der Waals surface area contributed by atoms with Crippen molar-refractivity contribution >= 4 is 23.6 Å². The molecule has 0 radical (unpaired) electrons. The number of allylic oxidation sites excluding steroid dienone is 4. The van der Waals surface area contributed by atoms with Gasteiger partial charge in [-0.1, -0.05) is 35.9 Å². The van der Waals surface area contributed by atoms with Crippen LogP contribution in [0, 0.1) is 0 Å². The molecule has 2 aromatic rings. The van der Waals surface area contributed by atoms with Crippen LogP contribution in [0.25, 0.3) is 0 Å². The molecule has 1 heterocycles. The van der Waals surface area contributed by atoms with Gasteiger partial charge in [-0.2, -0.15) is 0 Å². The van der Waals surface area contributed by atoms with Gasteiger partial charge in [-0.3, -0.25) is 9.79 Å². The van der Waals surface area contributed by atoms with Crippen LogP contribution in [0.4, 0.5) is 0 Å². The minimum atomic E-state index is -0.130. The molecule has 0 aromatic heterocycles. The van der Waals surface area contributed by atoms with Gasteiger partial charge in [0.2, 0.25) is 0 Å². The number of hydrogen-bond acceptors (Lipinski definition) is 4. The Hall–Kier alpha value is -2.85. The van der Waals surface area contributed by atoms with Gasteiger partial charge in [-0.15, -0.1) is 0 Å². The van der Waals surface area contributed by atoms with Gasteiger partial charge >= 0.3 is 0 Å². The largest absolute Gasteiger partial charge is 0.497 e. The Morgan fingerprint density at radius 2 is 1.73 bits per heavy atom. The summed E-state index contributed by atoms with van der Waals surface area (Å²) in [4.78, 5) is 17.7. The van der Waals surface area contributed by atoms with E-state index in [1.54, 1.807) is 14.2 Å². The zero-order valence-electron chi connectivity index (χ0n) is 17.4. The maximum absolute atomic E-state index is 13.4. The van der Waals surface area contributed by atoms with E-state index in [1.807, 2.05) is 61.7 Å². The topological polar surface area (TPSA) is 50.7 Å². The van der Waals surface area contributed by atoms with E-state index in [9.17, 15) is 4.79 Å². The lowest BCUT2D eigenvalue weighted by atomic mass is 9.72. The summed E-state index contributed by atoms with van der Waals surface area (Å²) in [5, 5.41) is 4.22. The first-order valence-electron chi connectivity index (χ1n) is 10.1. The fourth-order valence-electron chi connectivity index (χ4n) is 4.48. The standard InChI is InChI=1S/C25H25ClN2O2/c1-15-21(14-27-2)24(17-6-10-20(30-3)11-7-17)25-22(28-15)12-18(13-23(25)29)16-4-8-19(26)9-5-16/h4-11,14,18,24,28H,12-13H2,1-3H3. The number of nitrogens with one attached hydrogen (secondary N) is 1. The molecular weight excluding hydrogens is 396 g/mol. The first-order valence-corrected chi connectivity index (χ1v) is 10.4. The third-order valence-corrected chi connectivity index (χ3v) is 6.19. The van der Waals surface area contributed by atoms with Crippen LogP contribution < -0.4 is 10.1 Å². The van der Waals surface area contributed by atoms with E-state index in [2.05, 4.69) is 10.3 Å². The number of halogens is 1.